The van der Waals surface area contributed by atoms with Crippen LogP contribution >= 0.6 is 23.1 Å². The molecule has 2 aromatic rings. The zero-order chi connectivity index (χ0) is 21.5. The predicted octanol–water partition coefficient (Wildman–Crippen LogP) is 3.47. The van der Waals surface area contributed by atoms with Crippen LogP contribution in [0.25, 0.3) is 10.2 Å². The Morgan fingerprint density at radius 3 is 2.77 bits per heavy atom. The molecule has 2 heterocycles. The van der Waals surface area contributed by atoms with E-state index in [9.17, 15) is 9.59 Å². The Morgan fingerprint density at radius 1 is 1.27 bits per heavy atom. The van der Waals surface area contributed by atoms with Crippen molar-refractivity contribution in [3.63, 3.8) is 0 Å². The standard InChI is InChI=1S/C22H31N3O3S2/c1-4-28-12-11-25-18-6-5-17(3)13-19(18)30-22(25)23-20(26)14-29-15-21(27)24-9-7-16(2)8-10-24/h5-6,13,16H,4,7-12,14-15H2,1-3H3. The van der Waals surface area contributed by atoms with E-state index in [0.717, 1.165) is 36.1 Å². The number of rotatable bonds is 8. The smallest absolute Gasteiger partial charge is 0.258 e. The van der Waals surface area contributed by atoms with Crippen molar-refractivity contribution in [3.8, 4) is 0 Å². The van der Waals surface area contributed by atoms with Crippen molar-refractivity contribution in [1.29, 1.82) is 0 Å². The number of thioether (sulfide) groups is 1. The van der Waals surface area contributed by atoms with Crippen LogP contribution in [0.3, 0.4) is 0 Å². The molecule has 1 aromatic heterocycles. The number of amides is 2. The summed E-state index contributed by atoms with van der Waals surface area (Å²) < 4.78 is 8.67. The Hall–Kier alpha value is -1.64. The third-order valence-electron chi connectivity index (χ3n) is 5.31. The number of hydrogen-bond acceptors (Lipinski definition) is 5. The number of fused-ring (bicyclic) bond motifs is 1. The van der Waals surface area contributed by atoms with Crippen molar-refractivity contribution < 1.29 is 14.3 Å². The van der Waals surface area contributed by atoms with Crippen LogP contribution in [-0.2, 0) is 20.9 Å². The first-order valence-electron chi connectivity index (χ1n) is 10.6. The molecule has 1 aromatic carbocycles. The van der Waals surface area contributed by atoms with Gasteiger partial charge in [0, 0.05) is 26.2 Å². The molecule has 0 N–H and O–H groups in total. The van der Waals surface area contributed by atoms with Gasteiger partial charge in [0.25, 0.3) is 5.91 Å². The summed E-state index contributed by atoms with van der Waals surface area (Å²) in [7, 11) is 0. The number of hydrogen-bond donors (Lipinski definition) is 0. The molecule has 2 amide bonds. The van der Waals surface area contributed by atoms with Crippen molar-refractivity contribution in [3.05, 3.63) is 28.6 Å². The highest BCUT2D eigenvalue weighted by atomic mass is 32.2. The van der Waals surface area contributed by atoms with E-state index in [1.165, 1.54) is 28.7 Å². The molecule has 1 fully saturated rings. The van der Waals surface area contributed by atoms with Gasteiger partial charge in [-0.1, -0.05) is 24.3 Å². The summed E-state index contributed by atoms with van der Waals surface area (Å²) in [6.45, 7) is 9.82. The van der Waals surface area contributed by atoms with Crippen LogP contribution in [-0.4, -0.2) is 59.1 Å². The average Bonchev–Trinajstić information content (AvgIpc) is 3.04. The lowest BCUT2D eigenvalue weighted by molar-refractivity contribution is -0.129. The van der Waals surface area contributed by atoms with Crippen LogP contribution in [0.5, 0.6) is 0 Å². The van der Waals surface area contributed by atoms with Crippen LogP contribution < -0.4 is 4.80 Å². The summed E-state index contributed by atoms with van der Waals surface area (Å²) in [6, 6.07) is 6.26. The highest BCUT2D eigenvalue weighted by molar-refractivity contribution is 8.00. The number of nitrogens with zero attached hydrogens (tertiary/aromatic N) is 3. The number of likely N-dealkylation sites (tertiary alicyclic amines) is 1. The highest BCUT2D eigenvalue weighted by Gasteiger charge is 2.20. The molecule has 30 heavy (non-hydrogen) atoms. The largest absolute Gasteiger partial charge is 0.380 e. The molecule has 164 valence electrons. The fourth-order valence-corrected chi connectivity index (χ4v) is 5.37. The van der Waals surface area contributed by atoms with E-state index >= 15 is 0 Å². The molecular weight excluding hydrogens is 418 g/mol. The molecule has 0 radical (unpaired) electrons. The first kappa shape index (κ1) is 23.0. The number of aromatic nitrogens is 1. The summed E-state index contributed by atoms with van der Waals surface area (Å²) in [6.07, 6.45) is 2.13. The average molecular weight is 450 g/mol. The van der Waals surface area contributed by atoms with Gasteiger partial charge in [0.1, 0.15) is 0 Å². The zero-order valence-corrected chi connectivity index (χ0v) is 19.7. The first-order chi connectivity index (χ1) is 14.5. The maximum Gasteiger partial charge on any atom is 0.258 e. The zero-order valence-electron chi connectivity index (χ0n) is 18.1. The quantitative estimate of drug-likeness (QED) is 0.579. The van der Waals surface area contributed by atoms with Gasteiger partial charge in [0.2, 0.25) is 5.91 Å². The topological polar surface area (TPSA) is 63.9 Å². The van der Waals surface area contributed by atoms with Gasteiger partial charge in [-0.3, -0.25) is 9.59 Å². The number of ether oxygens (including phenoxy) is 1. The Labute approximate surface area is 186 Å². The molecule has 8 heteroatoms. The third-order valence-corrected chi connectivity index (χ3v) is 7.25. The first-order valence-corrected chi connectivity index (χ1v) is 12.6. The van der Waals surface area contributed by atoms with Gasteiger partial charge in [-0.2, -0.15) is 4.99 Å². The van der Waals surface area contributed by atoms with Crippen LogP contribution in [0.4, 0.5) is 0 Å². The highest BCUT2D eigenvalue weighted by Crippen LogP contribution is 2.19. The molecule has 0 atom stereocenters. The van der Waals surface area contributed by atoms with E-state index in [2.05, 4.69) is 41.6 Å². The molecule has 0 spiro atoms. The minimum absolute atomic E-state index is 0.129. The van der Waals surface area contributed by atoms with Crippen molar-refractivity contribution in [2.45, 2.75) is 40.2 Å². The van der Waals surface area contributed by atoms with Crippen LogP contribution in [0, 0.1) is 12.8 Å². The number of thiazole rings is 1. The summed E-state index contributed by atoms with van der Waals surface area (Å²) >= 11 is 2.88. The normalized spacial score (nSPS) is 15.8. The monoisotopic (exact) mass is 449 g/mol. The molecule has 0 unspecified atom stereocenters. The third kappa shape index (κ3) is 6.18. The van der Waals surface area contributed by atoms with E-state index in [1.54, 1.807) is 0 Å². The Bertz CT molecular complexity index is 943. The number of piperidine rings is 1. The van der Waals surface area contributed by atoms with Crippen LogP contribution in [0.1, 0.15) is 32.3 Å². The Kier molecular flexibility index (Phi) is 8.53. The summed E-state index contributed by atoms with van der Waals surface area (Å²) in [5.74, 6) is 1.18. The maximum atomic E-state index is 12.5. The minimum atomic E-state index is -0.200. The lowest BCUT2D eigenvalue weighted by Crippen LogP contribution is -2.39. The van der Waals surface area contributed by atoms with Crippen molar-refractivity contribution in [2.24, 2.45) is 10.9 Å². The van der Waals surface area contributed by atoms with Crippen molar-refractivity contribution >= 4 is 45.1 Å². The van der Waals surface area contributed by atoms with Crippen LogP contribution in [0.15, 0.2) is 23.2 Å². The lowest BCUT2D eigenvalue weighted by Gasteiger charge is -2.30. The fraction of sp³-hybridized carbons (Fsp3) is 0.591. The van der Waals surface area contributed by atoms with Gasteiger partial charge in [-0.05, 0) is 50.3 Å². The van der Waals surface area contributed by atoms with Gasteiger partial charge in [0.15, 0.2) is 4.80 Å². The molecule has 0 saturated carbocycles. The van der Waals surface area contributed by atoms with Gasteiger partial charge in [-0.15, -0.1) is 11.8 Å². The Morgan fingerprint density at radius 2 is 2.03 bits per heavy atom. The molecule has 0 bridgehead atoms. The van der Waals surface area contributed by atoms with E-state index < -0.39 is 0 Å². The summed E-state index contributed by atoms with van der Waals surface area (Å²) in [5.41, 5.74) is 2.25. The second-order valence-corrected chi connectivity index (χ2v) is 9.76. The van der Waals surface area contributed by atoms with Gasteiger partial charge in [0.05, 0.1) is 28.3 Å². The van der Waals surface area contributed by atoms with Crippen molar-refractivity contribution in [1.82, 2.24) is 9.47 Å². The number of benzene rings is 1. The molecule has 1 saturated heterocycles. The number of carbonyl (C=O) groups is 2. The molecular formula is C22H31N3O3S2. The molecule has 3 rings (SSSR count). The van der Waals surface area contributed by atoms with E-state index in [-0.39, 0.29) is 17.6 Å². The summed E-state index contributed by atoms with van der Waals surface area (Å²) in [4.78, 5) is 31.8. The maximum absolute atomic E-state index is 12.5. The number of carbonyl (C=O) groups excluding carboxylic acids is 2. The molecule has 1 aliphatic heterocycles. The number of aryl methyl sites for hydroxylation is 1. The van der Waals surface area contributed by atoms with Gasteiger partial charge >= 0.3 is 0 Å². The van der Waals surface area contributed by atoms with E-state index in [0.29, 0.717) is 36.2 Å². The minimum Gasteiger partial charge on any atom is -0.380 e. The predicted molar refractivity (Wildman–Crippen MR) is 124 cm³/mol. The van der Waals surface area contributed by atoms with Crippen LogP contribution in [0.2, 0.25) is 0 Å². The Balaban J connectivity index is 1.64. The van der Waals surface area contributed by atoms with Crippen molar-refractivity contribution in [2.75, 3.05) is 37.8 Å². The fourth-order valence-electron chi connectivity index (χ4n) is 3.50. The van der Waals surface area contributed by atoms with E-state index in [4.69, 9.17) is 4.74 Å². The van der Waals surface area contributed by atoms with Gasteiger partial charge < -0.3 is 14.2 Å². The second-order valence-electron chi connectivity index (χ2n) is 7.77. The lowest BCUT2D eigenvalue weighted by atomic mass is 9.99. The molecule has 0 aliphatic carbocycles. The SMILES string of the molecule is CCOCCn1c(=NC(=O)CSCC(=O)N2CCC(C)CC2)sc2cc(C)ccc21. The van der Waals surface area contributed by atoms with Gasteiger partial charge in [-0.25, -0.2) is 0 Å². The second kappa shape index (κ2) is 11.1. The van der Waals surface area contributed by atoms with E-state index in [1.807, 2.05) is 11.8 Å². The molecule has 1 aliphatic rings. The molecule has 6 nitrogen and oxygen atoms in total. The summed E-state index contributed by atoms with van der Waals surface area (Å²) in [5, 5.41) is 0.